The molecule has 1 N–H and O–H groups in total. The van der Waals surface area contributed by atoms with Crippen molar-refractivity contribution in [3.05, 3.63) is 66.2 Å². The molecule has 0 aliphatic carbocycles. The lowest BCUT2D eigenvalue weighted by Crippen LogP contribution is -2.42. The fourth-order valence-corrected chi connectivity index (χ4v) is 4.56. The number of rotatable bonds is 4. The van der Waals surface area contributed by atoms with Gasteiger partial charge in [0.05, 0.1) is 0 Å². The number of aromatic nitrogens is 4. The number of pyridine rings is 1. The van der Waals surface area contributed by atoms with Crippen LogP contribution in [0.25, 0.3) is 16.6 Å². The first-order valence-electron chi connectivity index (χ1n) is 10.3. The maximum atomic E-state index is 13.2. The Morgan fingerprint density at radius 2 is 2.07 bits per heavy atom. The summed E-state index contributed by atoms with van der Waals surface area (Å²) in [6.07, 6.45) is 6.83. The summed E-state index contributed by atoms with van der Waals surface area (Å²) in [6, 6.07) is 14.2. The maximum absolute atomic E-state index is 13.2. The molecular formula is C23H25N5O. The van der Waals surface area contributed by atoms with E-state index in [1.165, 1.54) is 10.9 Å². The summed E-state index contributed by atoms with van der Waals surface area (Å²) in [4.78, 5) is 18.5. The number of H-pyrrole nitrogens is 1. The van der Waals surface area contributed by atoms with Gasteiger partial charge in [-0.3, -0.25) is 9.20 Å². The van der Waals surface area contributed by atoms with Crippen molar-refractivity contribution in [3.63, 3.8) is 0 Å². The highest BCUT2D eigenvalue weighted by molar-refractivity contribution is 5.84. The number of hydrogen-bond donors (Lipinski definition) is 1. The molecule has 0 radical (unpaired) electrons. The molecule has 0 saturated carbocycles. The fraction of sp³-hybridized carbons (Fsp3) is 0.348. The van der Waals surface area contributed by atoms with E-state index in [1.807, 2.05) is 58.9 Å². The molecule has 29 heavy (non-hydrogen) atoms. The van der Waals surface area contributed by atoms with Gasteiger partial charge in [-0.1, -0.05) is 31.2 Å². The van der Waals surface area contributed by atoms with E-state index in [1.54, 1.807) is 0 Å². The molecule has 0 spiro atoms. The summed E-state index contributed by atoms with van der Waals surface area (Å²) in [7, 11) is 0. The van der Waals surface area contributed by atoms with Crippen molar-refractivity contribution in [2.45, 2.75) is 32.1 Å². The van der Waals surface area contributed by atoms with Crippen LogP contribution in [0.2, 0.25) is 0 Å². The lowest BCUT2D eigenvalue weighted by atomic mass is 9.94. The van der Waals surface area contributed by atoms with Gasteiger partial charge in [0.2, 0.25) is 5.91 Å². The van der Waals surface area contributed by atoms with Crippen molar-refractivity contribution < 1.29 is 4.79 Å². The van der Waals surface area contributed by atoms with Crippen LogP contribution in [0.15, 0.2) is 54.9 Å². The van der Waals surface area contributed by atoms with Gasteiger partial charge in [-0.2, -0.15) is 0 Å². The maximum Gasteiger partial charge on any atom is 0.225 e. The molecule has 0 bridgehead atoms. The van der Waals surface area contributed by atoms with Crippen molar-refractivity contribution in [2.75, 3.05) is 13.1 Å². The van der Waals surface area contributed by atoms with Crippen LogP contribution in [-0.2, 0) is 11.2 Å². The lowest BCUT2D eigenvalue weighted by molar-refractivity contribution is -0.136. The largest absolute Gasteiger partial charge is 0.361 e. The molecule has 1 amide bonds. The first kappa shape index (κ1) is 17.9. The molecule has 1 aliphatic rings. The van der Waals surface area contributed by atoms with Gasteiger partial charge in [0, 0.05) is 48.2 Å². The summed E-state index contributed by atoms with van der Waals surface area (Å²) < 4.78 is 2.05. The van der Waals surface area contributed by atoms with Gasteiger partial charge < -0.3 is 9.88 Å². The molecule has 1 fully saturated rings. The number of fused-ring (bicyclic) bond motifs is 2. The molecule has 1 aromatic carbocycles. The number of aromatic amines is 1. The second-order valence-corrected chi connectivity index (χ2v) is 8.08. The molecule has 6 nitrogen and oxygen atoms in total. The quantitative estimate of drug-likeness (QED) is 0.579. The third-order valence-corrected chi connectivity index (χ3v) is 6.06. The Bertz CT molecular complexity index is 1160. The zero-order valence-corrected chi connectivity index (χ0v) is 16.6. The second-order valence-electron chi connectivity index (χ2n) is 8.08. The normalized spacial score (nSPS) is 18.4. The first-order chi connectivity index (χ1) is 14.2. The molecule has 1 aliphatic heterocycles. The lowest BCUT2D eigenvalue weighted by Gasteiger charge is -2.33. The van der Waals surface area contributed by atoms with E-state index in [4.69, 9.17) is 0 Å². The molecular weight excluding hydrogens is 362 g/mol. The van der Waals surface area contributed by atoms with Crippen LogP contribution in [0.4, 0.5) is 0 Å². The Morgan fingerprint density at radius 3 is 3.00 bits per heavy atom. The molecule has 5 rings (SSSR count). The van der Waals surface area contributed by atoms with Crippen LogP contribution >= 0.6 is 0 Å². The van der Waals surface area contributed by atoms with Crippen molar-refractivity contribution in [1.82, 2.24) is 24.5 Å². The predicted molar refractivity (Wildman–Crippen MR) is 113 cm³/mol. The standard InChI is InChI=1S/C23H25N5O/c1-16(13-18-14-24-20-9-3-2-8-19(18)20)23(29)27-11-6-7-17(15-27)22-26-25-21-10-4-5-12-28(21)22/h2-5,8-10,12,14,16-17,24H,6-7,11,13,15H2,1H3. The fourth-order valence-electron chi connectivity index (χ4n) is 4.56. The molecule has 2 atom stereocenters. The minimum Gasteiger partial charge on any atom is -0.361 e. The summed E-state index contributed by atoms with van der Waals surface area (Å²) in [6.45, 7) is 3.58. The van der Waals surface area contributed by atoms with Gasteiger partial charge in [0.1, 0.15) is 5.82 Å². The van der Waals surface area contributed by atoms with E-state index < -0.39 is 0 Å². The molecule has 148 valence electrons. The van der Waals surface area contributed by atoms with Gasteiger partial charge in [0.15, 0.2) is 5.65 Å². The number of piperidine rings is 1. The van der Waals surface area contributed by atoms with Crippen LogP contribution in [0.1, 0.15) is 37.1 Å². The summed E-state index contributed by atoms with van der Waals surface area (Å²) in [5.74, 6) is 1.37. The zero-order chi connectivity index (χ0) is 19.8. The van der Waals surface area contributed by atoms with Crippen molar-refractivity contribution in [2.24, 2.45) is 5.92 Å². The number of benzene rings is 1. The van der Waals surface area contributed by atoms with Gasteiger partial charge in [-0.15, -0.1) is 10.2 Å². The number of hydrogen-bond acceptors (Lipinski definition) is 3. The van der Waals surface area contributed by atoms with E-state index in [-0.39, 0.29) is 17.7 Å². The van der Waals surface area contributed by atoms with Crippen LogP contribution in [0.5, 0.6) is 0 Å². The van der Waals surface area contributed by atoms with Gasteiger partial charge >= 0.3 is 0 Å². The Kier molecular flexibility index (Phi) is 4.54. The topological polar surface area (TPSA) is 66.3 Å². The minimum atomic E-state index is -0.0527. The Balaban J connectivity index is 1.31. The highest BCUT2D eigenvalue weighted by atomic mass is 16.2. The minimum absolute atomic E-state index is 0.0527. The van der Waals surface area contributed by atoms with Gasteiger partial charge in [-0.05, 0) is 43.0 Å². The zero-order valence-electron chi connectivity index (χ0n) is 16.6. The number of nitrogens with zero attached hydrogens (tertiary/aromatic N) is 4. The van der Waals surface area contributed by atoms with Crippen molar-refractivity contribution in [3.8, 4) is 0 Å². The third-order valence-electron chi connectivity index (χ3n) is 6.06. The average molecular weight is 387 g/mol. The van der Waals surface area contributed by atoms with Gasteiger partial charge in [-0.25, -0.2) is 0 Å². The third kappa shape index (κ3) is 3.28. The molecule has 4 heterocycles. The molecule has 6 heteroatoms. The average Bonchev–Trinajstić information content (AvgIpc) is 3.38. The summed E-state index contributed by atoms with van der Waals surface area (Å²) >= 11 is 0. The van der Waals surface area contributed by atoms with E-state index in [2.05, 4.69) is 27.3 Å². The molecule has 1 saturated heterocycles. The summed E-state index contributed by atoms with van der Waals surface area (Å²) in [5, 5.41) is 9.91. The highest BCUT2D eigenvalue weighted by Crippen LogP contribution is 2.28. The van der Waals surface area contributed by atoms with E-state index in [9.17, 15) is 4.79 Å². The number of amides is 1. The monoisotopic (exact) mass is 387 g/mol. The van der Waals surface area contributed by atoms with Crippen LogP contribution < -0.4 is 0 Å². The SMILES string of the molecule is CC(Cc1c[nH]c2ccccc12)C(=O)N1CCCC(c2nnc3ccccn23)C1. The number of likely N-dealkylation sites (tertiary alicyclic amines) is 1. The predicted octanol–water partition coefficient (Wildman–Crippen LogP) is 3.80. The molecule has 4 aromatic rings. The summed E-state index contributed by atoms with van der Waals surface area (Å²) in [5.41, 5.74) is 3.19. The Morgan fingerprint density at radius 1 is 1.21 bits per heavy atom. The van der Waals surface area contributed by atoms with Crippen molar-refractivity contribution in [1.29, 1.82) is 0 Å². The number of carbonyl (C=O) groups is 1. The number of nitrogens with one attached hydrogen (secondary N) is 1. The van der Waals surface area contributed by atoms with Crippen LogP contribution in [0.3, 0.4) is 0 Å². The van der Waals surface area contributed by atoms with Gasteiger partial charge in [0.25, 0.3) is 0 Å². The van der Waals surface area contributed by atoms with Crippen LogP contribution in [-0.4, -0.2) is 43.5 Å². The number of carbonyl (C=O) groups excluding carboxylic acids is 1. The number of para-hydroxylation sites is 1. The second kappa shape index (κ2) is 7.35. The molecule has 3 aromatic heterocycles. The Hall–Kier alpha value is -3.15. The van der Waals surface area contributed by atoms with E-state index in [0.717, 1.165) is 42.8 Å². The smallest absolute Gasteiger partial charge is 0.225 e. The highest BCUT2D eigenvalue weighted by Gasteiger charge is 2.30. The van der Waals surface area contributed by atoms with E-state index >= 15 is 0 Å². The Labute approximate surface area is 169 Å². The first-order valence-corrected chi connectivity index (χ1v) is 10.3. The van der Waals surface area contributed by atoms with Crippen molar-refractivity contribution >= 4 is 22.5 Å². The van der Waals surface area contributed by atoms with E-state index in [0.29, 0.717) is 6.54 Å². The molecule has 2 unspecified atom stereocenters. The van der Waals surface area contributed by atoms with Crippen LogP contribution in [0, 0.1) is 5.92 Å².